The Morgan fingerprint density at radius 2 is 2.18 bits per heavy atom. The zero-order valence-corrected chi connectivity index (χ0v) is 11.9. The van der Waals surface area contributed by atoms with E-state index in [4.69, 9.17) is 5.73 Å². The first kappa shape index (κ1) is 12.8. The van der Waals surface area contributed by atoms with E-state index in [0.717, 1.165) is 6.54 Å². The summed E-state index contributed by atoms with van der Waals surface area (Å²) in [6.45, 7) is 3.79. The summed E-state index contributed by atoms with van der Waals surface area (Å²) in [6, 6.07) is 4.67. The number of nitrogens with zero attached hydrogens (tertiary/aromatic N) is 1. The van der Waals surface area contributed by atoms with Crippen LogP contribution in [-0.4, -0.2) is 18.5 Å². The summed E-state index contributed by atoms with van der Waals surface area (Å²) < 4.78 is 0. The lowest BCUT2D eigenvalue weighted by atomic mass is 10.1. The molecule has 2 rings (SSSR count). The van der Waals surface area contributed by atoms with Crippen molar-refractivity contribution >= 4 is 22.7 Å². The third-order valence-corrected chi connectivity index (χ3v) is 4.82. The SMILES string of the molecule is Cc1ccsc1C(CN)N(C)Cc1ccsc1. The summed E-state index contributed by atoms with van der Waals surface area (Å²) in [7, 11) is 2.15. The fourth-order valence-electron chi connectivity index (χ4n) is 1.99. The standard InChI is InChI=1S/C13H18N2S2/c1-10-3-6-17-13(10)12(7-14)15(2)8-11-4-5-16-9-11/h3-6,9,12H,7-8,14H2,1-2H3. The van der Waals surface area contributed by atoms with Crippen LogP contribution in [0, 0.1) is 6.92 Å². The molecule has 17 heavy (non-hydrogen) atoms. The third-order valence-electron chi connectivity index (χ3n) is 2.97. The van der Waals surface area contributed by atoms with Gasteiger partial charge in [0.1, 0.15) is 0 Å². The second-order valence-electron chi connectivity index (χ2n) is 4.27. The Morgan fingerprint density at radius 1 is 1.35 bits per heavy atom. The van der Waals surface area contributed by atoms with Gasteiger partial charge in [0.25, 0.3) is 0 Å². The maximum absolute atomic E-state index is 5.93. The van der Waals surface area contributed by atoms with Crippen molar-refractivity contribution in [2.24, 2.45) is 5.73 Å². The van der Waals surface area contributed by atoms with Crippen molar-refractivity contribution in [3.8, 4) is 0 Å². The number of aryl methyl sites for hydroxylation is 1. The first-order valence-corrected chi connectivity index (χ1v) is 7.50. The van der Waals surface area contributed by atoms with Crippen LogP contribution in [0.5, 0.6) is 0 Å². The summed E-state index contributed by atoms with van der Waals surface area (Å²) in [5, 5.41) is 6.47. The maximum Gasteiger partial charge on any atom is 0.0567 e. The molecule has 0 aliphatic carbocycles. The summed E-state index contributed by atoms with van der Waals surface area (Å²) in [5.74, 6) is 0. The molecule has 2 aromatic heterocycles. The molecule has 0 spiro atoms. The van der Waals surface area contributed by atoms with Crippen molar-refractivity contribution in [1.29, 1.82) is 0 Å². The van der Waals surface area contributed by atoms with Gasteiger partial charge in [-0.1, -0.05) is 0 Å². The zero-order chi connectivity index (χ0) is 12.3. The molecule has 2 N–H and O–H groups in total. The quantitative estimate of drug-likeness (QED) is 0.900. The predicted molar refractivity (Wildman–Crippen MR) is 76.6 cm³/mol. The lowest BCUT2D eigenvalue weighted by molar-refractivity contribution is 0.245. The van der Waals surface area contributed by atoms with Crippen LogP contribution in [0.25, 0.3) is 0 Å². The molecule has 4 heteroatoms. The van der Waals surface area contributed by atoms with Crippen molar-refractivity contribution in [3.63, 3.8) is 0 Å². The molecule has 0 aliphatic heterocycles. The van der Waals surface area contributed by atoms with Crippen molar-refractivity contribution in [3.05, 3.63) is 44.3 Å². The van der Waals surface area contributed by atoms with Gasteiger partial charge in [0.15, 0.2) is 0 Å². The van der Waals surface area contributed by atoms with Gasteiger partial charge in [-0.3, -0.25) is 4.90 Å². The average Bonchev–Trinajstić information content (AvgIpc) is 2.92. The Labute approximate surface area is 111 Å². The number of nitrogens with two attached hydrogens (primary N) is 1. The van der Waals surface area contributed by atoms with E-state index in [1.54, 1.807) is 22.7 Å². The van der Waals surface area contributed by atoms with E-state index in [9.17, 15) is 0 Å². The molecule has 2 aromatic rings. The first-order chi connectivity index (χ1) is 8.22. The molecule has 0 fully saturated rings. The topological polar surface area (TPSA) is 29.3 Å². The second-order valence-corrected chi connectivity index (χ2v) is 5.99. The number of rotatable bonds is 5. The minimum Gasteiger partial charge on any atom is -0.329 e. The van der Waals surface area contributed by atoms with Gasteiger partial charge in [0.2, 0.25) is 0 Å². The Morgan fingerprint density at radius 3 is 2.71 bits per heavy atom. The highest BCUT2D eigenvalue weighted by atomic mass is 32.1. The zero-order valence-electron chi connectivity index (χ0n) is 10.2. The molecule has 0 saturated carbocycles. The minimum absolute atomic E-state index is 0.329. The lowest BCUT2D eigenvalue weighted by Crippen LogP contribution is -2.29. The lowest BCUT2D eigenvalue weighted by Gasteiger charge is -2.26. The van der Waals surface area contributed by atoms with E-state index in [0.29, 0.717) is 12.6 Å². The van der Waals surface area contributed by atoms with E-state index < -0.39 is 0 Å². The van der Waals surface area contributed by atoms with Crippen LogP contribution in [0.15, 0.2) is 28.3 Å². The minimum atomic E-state index is 0.329. The molecule has 0 bridgehead atoms. The van der Waals surface area contributed by atoms with Crippen molar-refractivity contribution in [1.82, 2.24) is 4.90 Å². The Kier molecular flexibility index (Phi) is 4.34. The fourth-order valence-corrected chi connectivity index (χ4v) is 3.76. The Hall–Kier alpha value is -0.680. The molecule has 0 saturated heterocycles. The van der Waals surface area contributed by atoms with Crippen LogP contribution in [0.4, 0.5) is 0 Å². The molecule has 0 radical (unpaired) electrons. The molecule has 0 aromatic carbocycles. The van der Waals surface area contributed by atoms with Crippen LogP contribution in [-0.2, 0) is 6.54 Å². The maximum atomic E-state index is 5.93. The highest BCUT2D eigenvalue weighted by Crippen LogP contribution is 2.28. The van der Waals surface area contributed by atoms with Crippen LogP contribution in [0.1, 0.15) is 22.0 Å². The third kappa shape index (κ3) is 2.96. The Balaban J connectivity index is 2.11. The van der Waals surface area contributed by atoms with Gasteiger partial charge in [0.05, 0.1) is 6.04 Å². The highest BCUT2D eigenvalue weighted by molar-refractivity contribution is 7.10. The number of thiophene rings is 2. The summed E-state index contributed by atoms with van der Waals surface area (Å²) in [6.07, 6.45) is 0. The van der Waals surface area contributed by atoms with Gasteiger partial charge in [0, 0.05) is 18.0 Å². The highest BCUT2D eigenvalue weighted by Gasteiger charge is 2.18. The predicted octanol–water partition coefficient (Wildman–Crippen LogP) is 3.25. The normalized spacial score (nSPS) is 13.2. The smallest absolute Gasteiger partial charge is 0.0567 e. The molecule has 1 unspecified atom stereocenters. The largest absolute Gasteiger partial charge is 0.329 e. The van der Waals surface area contributed by atoms with Crippen LogP contribution < -0.4 is 5.73 Å². The first-order valence-electron chi connectivity index (χ1n) is 5.67. The summed E-state index contributed by atoms with van der Waals surface area (Å²) in [4.78, 5) is 3.73. The van der Waals surface area contributed by atoms with E-state index in [2.05, 4.69) is 47.1 Å². The molecule has 2 heterocycles. The number of hydrogen-bond acceptors (Lipinski definition) is 4. The number of hydrogen-bond donors (Lipinski definition) is 1. The molecular formula is C13H18N2S2. The van der Waals surface area contributed by atoms with Crippen LogP contribution >= 0.6 is 22.7 Å². The van der Waals surface area contributed by atoms with Gasteiger partial charge >= 0.3 is 0 Å². The van der Waals surface area contributed by atoms with Gasteiger partial charge in [-0.05, 0) is 53.4 Å². The van der Waals surface area contributed by atoms with Crippen molar-refractivity contribution in [2.45, 2.75) is 19.5 Å². The van der Waals surface area contributed by atoms with Crippen molar-refractivity contribution < 1.29 is 0 Å². The number of likely N-dealkylation sites (N-methyl/N-ethyl adjacent to an activating group) is 1. The molecule has 1 atom stereocenters. The molecular weight excluding hydrogens is 248 g/mol. The molecule has 2 nitrogen and oxygen atoms in total. The monoisotopic (exact) mass is 266 g/mol. The van der Waals surface area contributed by atoms with Gasteiger partial charge in [-0.15, -0.1) is 11.3 Å². The van der Waals surface area contributed by atoms with Crippen LogP contribution in [0.3, 0.4) is 0 Å². The summed E-state index contributed by atoms with van der Waals surface area (Å²) >= 11 is 3.55. The van der Waals surface area contributed by atoms with Gasteiger partial charge in [-0.25, -0.2) is 0 Å². The van der Waals surface area contributed by atoms with Gasteiger partial charge < -0.3 is 5.73 Å². The molecule has 0 aliphatic rings. The van der Waals surface area contributed by atoms with E-state index in [1.807, 2.05) is 0 Å². The molecule has 92 valence electrons. The Bertz CT molecular complexity index is 448. The van der Waals surface area contributed by atoms with Gasteiger partial charge in [-0.2, -0.15) is 11.3 Å². The van der Waals surface area contributed by atoms with E-state index in [-0.39, 0.29) is 0 Å². The molecule has 0 amide bonds. The van der Waals surface area contributed by atoms with E-state index >= 15 is 0 Å². The van der Waals surface area contributed by atoms with Crippen molar-refractivity contribution in [2.75, 3.05) is 13.6 Å². The second kappa shape index (κ2) is 5.78. The summed E-state index contributed by atoms with van der Waals surface area (Å²) in [5.41, 5.74) is 8.65. The fraction of sp³-hybridized carbons (Fsp3) is 0.385. The average molecular weight is 266 g/mol. The van der Waals surface area contributed by atoms with Crippen LogP contribution in [0.2, 0.25) is 0 Å². The van der Waals surface area contributed by atoms with E-state index in [1.165, 1.54) is 16.0 Å².